The molecule has 8 heteroatoms. The lowest BCUT2D eigenvalue weighted by Gasteiger charge is -2.32. The summed E-state index contributed by atoms with van der Waals surface area (Å²) < 4.78 is 25.7. The Morgan fingerprint density at radius 2 is 1.87 bits per heavy atom. The Morgan fingerprint density at radius 1 is 1.13 bits per heavy atom. The van der Waals surface area contributed by atoms with Gasteiger partial charge in [-0.1, -0.05) is 28.7 Å². The molecule has 3 aromatic rings. The Labute approximate surface area is 176 Å². The molecule has 2 heterocycles. The van der Waals surface area contributed by atoms with Crippen molar-refractivity contribution in [3.63, 3.8) is 0 Å². The molecule has 0 aliphatic carbocycles. The standard InChI is InChI=1S/C22H25N3O4S/c1-24(29-2)30(27,28)18-7-5-6-17(14-18)22(26)25-12-10-16(11-13-25)20-15-23-21-9-4-3-8-19(20)21/h3-9,14-16,23H,10-13H2,1-2H3. The molecule has 1 saturated heterocycles. The topological polar surface area (TPSA) is 82.7 Å². The maximum atomic E-state index is 13.0. The first kappa shape index (κ1) is 20.6. The molecule has 1 amide bonds. The van der Waals surface area contributed by atoms with Gasteiger partial charge in [-0.25, -0.2) is 8.42 Å². The van der Waals surface area contributed by atoms with E-state index < -0.39 is 10.0 Å². The van der Waals surface area contributed by atoms with Gasteiger partial charge in [0.15, 0.2) is 0 Å². The highest BCUT2D eigenvalue weighted by Crippen LogP contribution is 2.33. The molecule has 0 unspecified atom stereocenters. The average molecular weight is 428 g/mol. The van der Waals surface area contributed by atoms with Crippen molar-refractivity contribution in [1.29, 1.82) is 0 Å². The molecule has 0 saturated carbocycles. The highest BCUT2D eigenvalue weighted by molar-refractivity contribution is 7.89. The zero-order valence-electron chi connectivity index (χ0n) is 17.0. The molecular formula is C22H25N3O4S. The first-order valence-corrected chi connectivity index (χ1v) is 11.3. The van der Waals surface area contributed by atoms with Gasteiger partial charge in [0, 0.05) is 42.8 Å². The van der Waals surface area contributed by atoms with Crippen molar-refractivity contribution < 1.29 is 18.0 Å². The van der Waals surface area contributed by atoms with Crippen LogP contribution in [0.1, 0.15) is 34.7 Å². The normalized spacial score (nSPS) is 15.8. The Kier molecular flexibility index (Phi) is 5.64. The number of hydroxylamine groups is 1. The van der Waals surface area contributed by atoms with Crippen LogP contribution in [-0.2, 0) is 14.9 Å². The van der Waals surface area contributed by atoms with Gasteiger partial charge in [0.25, 0.3) is 15.9 Å². The molecule has 158 valence electrons. The van der Waals surface area contributed by atoms with Crippen LogP contribution in [0.15, 0.2) is 59.6 Å². The molecule has 7 nitrogen and oxygen atoms in total. The van der Waals surface area contributed by atoms with Crippen LogP contribution in [0.4, 0.5) is 0 Å². The van der Waals surface area contributed by atoms with Gasteiger partial charge in [-0.2, -0.15) is 0 Å². The summed E-state index contributed by atoms with van der Waals surface area (Å²) in [4.78, 5) is 23.0. The molecule has 1 N–H and O–H groups in total. The average Bonchev–Trinajstić information content (AvgIpc) is 3.22. The first-order valence-electron chi connectivity index (χ1n) is 9.90. The lowest BCUT2D eigenvalue weighted by molar-refractivity contribution is -0.0258. The van der Waals surface area contributed by atoms with Crippen LogP contribution in [0.25, 0.3) is 10.9 Å². The number of likely N-dealkylation sites (tertiary alicyclic amines) is 1. The molecule has 0 bridgehead atoms. The summed E-state index contributed by atoms with van der Waals surface area (Å²) in [7, 11) is -1.20. The Morgan fingerprint density at radius 3 is 2.60 bits per heavy atom. The summed E-state index contributed by atoms with van der Waals surface area (Å²) in [5.74, 6) is 0.247. The molecule has 0 atom stereocenters. The van der Waals surface area contributed by atoms with E-state index in [0.29, 0.717) is 24.6 Å². The van der Waals surface area contributed by atoms with Crippen LogP contribution in [0.5, 0.6) is 0 Å². The molecule has 1 aromatic heterocycles. The summed E-state index contributed by atoms with van der Waals surface area (Å²) in [6.45, 7) is 1.27. The van der Waals surface area contributed by atoms with Crippen LogP contribution in [-0.4, -0.2) is 55.9 Å². The lowest BCUT2D eigenvalue weighted by Crippen LogP contribution is -2.38. The van der Waals surface area contributed by atoms with Crippen molar-refractivity contribution in [1.82, 2.24) is 14.4 Å². The van der Waals surface area contributed by atoms with E-state index in [1.807, 2.05) is 12.1 Å². The van der Waals surface area contributed by atoms with Crippen molar-refractivity contribution in [2.24, 2.45) is 0 Å². The highest BCUT2D eigenvalue weighted by atomic mass is 32.2. The first-order chi connectivity index (χ1) is 14.4. The van der Waals surface area contributed by atoms with Gasteiger partial charge in [-0.05, 0) is 48.6 Å². The number of aromatic amines is 1. The van der Waals surface area contributed by atoms with Crippen LogP contribution in [0.3, 0.4) is 0 Å². The fourth-order valence-corrected chi connectivity index (χ4v) is 5.06. The van der Waals surface area contributed by atoms with E-state index in [1.165, 1.54) is 37.2 Å². The van der Waals surface area contributed by atoms with Gasteiger partial charge in [0.05, 0.1) is 12.0 Å². The molecule has 4 rings (SSSR count). The second kappa shape index (κ2) is 8.22. The van der Waals surface area contributed by atoms with Crippen molar-refractivity contribution in [3.8, 4) is 0 Å². The van der Waals surface area contributed by atoms with Crippen molar-refractivity contribution in [2.45, 2.75) is 23.7 Å². The minimum absolute atomic E-state index is 0.0337. The number of hydrogen-bond acceptors (Lipinski definition) is 4. The number of H-pyrrole nitrogens is 1. The van der Waals surface area contributed by atoms with Gasteiger partial charge in [0.2, 0.25) is 0 Å². The number of carbonyl (C=O) groups excluding carboxylic acids is 1. The monoisotopic (exact) mass is 427 g/mol. The quantitative estimate of drug-likeness (QED) is 0.633. The van der Waals surface area contributed by atoms with E-state index in [0.717, 1.165) is 22.8 Å². The number of aromatic nitrogens is 1. The van der Waals surface area contributed by atoms with E-state index in [9.17, 15) is 13.2 Å². The third-order valence-corrected chi connectivity index (χ3v) is 7.49. The maximum absolute atomic E-state index is 13.0. The molecule has 30 heavy (non-hydrogen) atoms. The zero-order valence-corrected chi connectivity index (χ0v) is 17.9. The number of nitrogens with one attached hydrogen (secondary N) is 1. The number of carbonyl (C=O) groups is 1. The van der Waals surface area contributed by atoms with Gasteiger partial charge < -0.3 is 9.88 Å². The van der Waals surface area contributed by atoms with Crippen molar-refractivity contribution in [2.75, 3.05) is 27.2 Å². The van der Waals surface area contributed by atoms with E-state index in [1.54, 1.807) is 17.0 Å². The van der Waals surface area contributed by atoms with Gasteiger partial charge >= 0.3 is 0 Å². The smallest absolute Gasteiger partial charge is 0.264 e. The number of piperidine rings is 1. The Bertz CT molecular complexity index is 1160. The number of hydrogen-bond donors (Lipinski definition) is 1. The fraction of sp³-hybridized carbons (Fsp3) is 0.318. The summed E-state index contributed by atoms with van der Waals surface area (Å²) in [6, 6.07) is 14.4. The largest absolute Gasteiger partial charge is 0.361 e. The SMILES string of the molecule is CON(C)S(=O)(=O)c1cccc(C(=O)N2CCC(c3c[nH]c4ccccc34)CC2)c1. The van der Waals surface area contributed by atoms with Crippen LogP contribution in [0.2, 0.25) is 0 Å². The van der Waals surface area contributed by atoms with Crippen LogP contribution in [0, 0.1) is 0 Å². The van der Waals surface area contributed by atoms with E-state index in [2.05, 4.69) is 23.3 Å². The Hall–Kier alpha value is -2.68. The molecular weight excluding hydrogens is 402 g/mol. The number of benzene rings is 2. The summed E-state index contributed by atoms with van der Waals surface area (Å²) >= 11 is 0. The molecule has 2 aromatic carbocycles. The molecule has 0 spiro atoms. The fourth-order valence-electron chi connectivity index (χ4n) is 4.04. The van der Waals surface area contributed by atoms with Crippen molar-refractivity contribution in [3.05, 3.63) is 65.9 Å². The lowest BCUT2D eigenvalue weighted by atomic mass is 9.89. The predicted molar refractivity (Wildman–Crippen MR) is 115 cm³/mol. The van der Waals surface area contributed by atoms with Gasteiger partial charge in [-0.15, -0.1) is 0 Å². The number of amides is 1. The maximum Gasteiger partial charge on any atom is 0.264 e. The zero-order chi connectivity index (χ0) is 21.3. The predicted octanol–water partition coefficient (Wildman–Crippen LogP) is 3.37. The molecule has 0 radical (unpaired) electrons. The van der Waals surface area contributed by atoms with Crippen LogP contribution < -0.4 is 0 Å². The number of para-hydroxylation sites is 1. The van der Waals surface area contributed by atoms with E-state index in [4.69, 9.17) is 4.84 Å². The van der Waals surface area contributed by atoms with Crippen LogP contribution >= 0.6 is 0 Å². The third kappa shape index (κ3) is 3.74. The summed E-state index contributed by atoms with van der Waals surface area (Å²) in [5, 5.41) is 1.24. The number of nitrogens with zero attached hydrogens (tertiary/aromatic N) is 2. The second-order valence-electron chi connectivity index (χ2n) is 7.48. The Balaban J connectivity index is 1.48. The minimum Gasteiger partial charge on any atom is -0.361 e. The summed E-state index contributed by atoms with van der Waals surface area (Å²) in [6.07, 6.45) is 3.82. The minimum atomic E-state index is -3.80. The van der Waals surface area contributed by atoms with E-state index >= 15 is 0 Å². The highest BCUT2D eigenvalue weighted by Gasteiger charge is 2.27. The number of rotatable bonds is 5. The van der Waals surface area contributed by atoms with Crippen molar-refractivity contribution >= 4 is 26.8 Å². The molecule has 1 aliphatic rings. The molecule has 1 fully saturated rings. The third-order valence-electron chi connectivity index (χ3n) is 5.82. The second-order valence-corrected chi connectivity index (χ2v) is 9.42. The molecule has 1 aliphatic heterocycles. The van der Waals surface area contributed by atoms with E-state index in [-0.39, 0.29) is 10.8 Å². The number of fused-ring (bicyclic) bond motifs is 1. The number of sulfonamides is 1. The van der Waals surface area contributed by atoms with Gasteiger partial charge in [0.1, 0.15) is 0 Å². The summed E-state index contributed by atoms with van der Waals surface area (Å²) in [5.41, 5.74) is 2.80. The van der Waals surface area contributed by atoms with Gasteiger partial charge in [-0.3, -0.25) is 9.63 Å².